The zero-order valence-electron chi connectivity index (χ0n) is 11.9. The topological polar surface area (TPSA) is 107 Å². The van der Waals surface area contributed by atoms with E-state index in [9.17, 15) is 14.9 Å². The van der Waals surface area contributed by atoms with Crippen LogP contribution in [0.25, 0.3) is 11.0 Å². The van der Waals surface area contributed by atoms with E-state index < -0.39 is 5.91 Å². The van der Waals surface area contributed by atoms with Gasteiger partial charge >= 0.3 is 11.6 Å². The van der Waals surface area contributed by atoms with Gasteiger partial charge in [0.1, 0.15) is 11.2 Å². The zero-order chi connectivity index (χ0) is 16.4. The number of fused-ring (bicyclic) bond motifs is 1. The number of carbonyl (C=O) groups excluding carboxylic acids is 1. The second-order valence-corrected chi connectivity index (χ2v) is 5.76. The van der Waals surface area contributed by atoms with Crippen molar-refractivity contribution in [3.63, 3.8) is 0 Å². The van der Waals surface area contributed by atoms with Crippen molar-refractivity contribution < 1.29 is 9.22 Å². The van der Waals surface area contributed by atoms with Gasteiger partial charge in [0.05, 0.1) is 4.43 Å². The molecule has 2 heterocycles. The third-order valence-electron chi connectivity index (χ3n) is 3.30. The van der Waals surface area contributed by atoms with E-state index in [1.807, 2.05) is 0 Å². The monoisotopic (exact) mass is 328 g/mol. The van der Waals surface area contributed by atoms with Gasteiger partial charge in [-0.05, 0) is 18.2 Å². The molecule has 2 aromatic heterocycles. The Morgan fingerprint density at radius 2 is 1.96 bits per heavy atom. The first-order valence-electron chi connectivity index (χ1n) is 6.69. The maximum atomic E-state index is 12.6. The van der Waals surface area contributed by atoms with E-state index in [1.54, 1.807) is 36.7 Å². The average Bonchev–Trinajstić information content (AvgIpc) is 2.57. The first-order chi connectivity index (χ1) is 11.1. The van der Waals surface area contributed by atoms with Gasteiger partial charge in [-0.3, -0.25) is 9.78 Å². The molecule has 0 aliphatic heterocycles. The fourth-order valence-corrected chi connectivity index (χ4v) is 3.11. The Hall–Kier alpha value is -2.87. The molecule has 3 aromatic rings. The lowest BCUT2D eigenvalue weighted by molar-refractivity contribution is -0.468. The molecule has 0 bridgehead atoms. The number of benzene rings is 1. The third kappa shape index (κ3) is 2.76. The lowest BCUT2D eigenvalue weighted by Crippen LogP contribution is -2.34. The Kier molecular flexibility index (Phi) is 3.98. The van der Waals surface area contributed by atoms with Crippen molar-refractivity contribution >= 4 is 28.7 Å². The summed E-state index contributed by atoms with van der Waals surface area (Å²) in [5.41, 5.74) is 5.31. The number of nitrogens with zero attached hydrogens (tertiary/aromatic N) is 3. The van der Waals surface area contributed by atoms with E-state index in [2.05, 4.69) is 4.98 Å². The maximum Gasteiger partial charge on any atom is 0.347 e. The first kappa shape index (κ1) is 15.0. The van der Waals surface area contributed by atoms with Gasteiger partial charge in [0.25, 0.3) is 5.52 Å². The Morgan fingerprint density at radius 1 is 1.26 bits per heavy atom. The molecule has 0 aliphatic rings. The number of rotatable bonds is 4. The summed E-state index contributed by atoms with van der Waals surface area (Å²) in [6.45, 7) is 0. The summed E-state index contributed by atoms with van der Waals surface area (Å²) in [5.74, 6) is -0.792. The summed E-state index contributed by atoms with van der Waals surface area (Å²) < 4.78 is 1.02. The average molecular weight is 328 g/mol. The molecule has 23 heavy (non-hydrogen) atoms. The quantitative estimate of drug-likeness (QED) is 0.579. The van der Waals surface area contributed by atoms with E-state index in [-0.39, 0.29) is 28.2 Å². The van der Waals surface area contributed by atoms with Crippen LogP contribution < -0.4 is 10.2 Å². The van der Waals surface area contributed by atoms with Gasteiger partial charge in [0, 0.05) is 34.0 Å². The summed E-state index contributed by atoms with van der Waals surface area (Å²) in [6.07, 6.45) is 3.24. The fraction of sp³-hybridized carbons (Fsp3) is 0.0667. The fourth-order valence-electron chi connectivity index (χ4n) is 2.24. The third-order valence-corrected chi connectivity index (χ3v) is 4.32. The number of aromatic nitrogens is 3. The summed E-state index contributed by atoms with van der Waals surface area (Å²) >= 11 is 1.32. The van der Waals surface area contributed by atoms with Gasteiger partial charge in [0.2, 0.25) is 0 Å². The number of amides is 1. The molecule has 0 spiro atoms. The van der Waals surface area contributed by atoms with Crippen LogP contribution in [0.5, 0.6) is 0 Å². The van der Waals surface area contributed by atoms with Crippen LogP contribution in [0, 0.1) is 10.1 Å². The number of carbonyl (C=O) groups is 1. The number of thioether (sulfide) groups is 1. The van der Waals surface area contributed by atoms with Gasteiger partial charge in [-0.15, -0.1) is 11.8 Å². The van der Waals surface area contributed by atoms with Crippen LogP contribution in [0.15, 0.2) is 53.7 Å². The molecule has 0 fully saturated rings. The summed E-state index contributed by atoms with van der Waals surface area (Å²) in [6, 6.07) is 9.82. The molecule has 1 aromatic carbocycles. The Bertz CT molecular complexity index is 941. The molecule has 2 N–H and O–H groups in total. The van der Waals surface area contributed by atoms with Crippen LogP contribution in [0.4, 0.5) is 0 Å². The largest absolute Gasteiger partial charge is 0.805 e. The standard InChI is InChI=1S/C15H12N4O3S/c16-15(20)14-13(9-23-10-5-7-17-8-6-10)18(21)11-3-1-2-4-12(11)19(14)22/h1-8H,9H2,(H2,16,20). The molecular formula is C15H12N4O3S. The minimum absolute atomic E-state index is 0.0352. The molecule has 3 rings (SSSR count). The predicted molar refractivity (Wildman–Crippen MR) is 86.4 cm³/mol. The smallest absolute Gasteiger partial charge is 0.347 e. The molecule has 8 heteroatoms. The number of para-hydroxylation sites is 2. The molecule has 0 atom stereocenters. The van der Waals surface area contributed by atoms with E-state index in [0.29, 0.717) is 9.16 Å². The van der Waals surface area contributed by atoms with Gasteiger partial charge in [-0.2, -0.15) is 0 Å². The first-order valence-corrected chi connectivity index (χ1v) is 7.67. The number of nitrogens with two attached hydrogens (primary N) is 1. The molecule has 0 radical (unpaired) electrons. The molecule has 0 aliphatic carbocycles. The Balaban J connectivity index is 2.14. The predicted octanol–water partition coefficient (Wildman–Crippen LogP) is 1.69. The molecule has 0 saturated carbocycles. The maximum absolute atomic E-state index is 12.6. The molecule has 0 unspecified atom stereocenters. The van der Waals surface area contributed by atoms with E-state index in [4.69, 9.17) is 5.73 Å². The van der Waals surface area contributed by atoms with Crippen LogP contribution in [0.3, 0.4) is 0 Å². The number of hydrogen-bond donors (Lipinski definition) is 1. The Morgan fingerprint density at radius 3 is 2.65 bits per heavy atom. The summed E-state index contributed by atoms with van der Waals surface area (Å²) in [5, 5.41) is 12.6. The highest BCUT2D eigenvalue weighted by Gasteiger charge is 2.26. The summed E-state index contributed by atoms with van der Waals surface area (Å²) in [7, 11) is 0. The van der Waals surface area contributed by atoms with Gasteiger partial charge < -0.3 is 15.7 Å². The highest BCUT2D eigenvalue weighted by Crippen LogP contribution is 2.24. The van der Waals surface area contributed by atoms with E-state index in [1.165, 1.54) is 23.9 Å². The van der Waals surface area contributed by atoms with Crippen LogP contribution in [0.1, 0.15) is 16.2 Å². The van der Waals surface area contributed by atoms with Crippen molar-refractivity contribution in [3.05, 3.63) is 70.3 Å². The molecule has 7 nitrogen and oxygen atoms in total. The van der Waals surface area contributed by atoms with Crippen molar-refractivity contribution in [2.75, 3.05) is 0 Å². The minimum atomic E-state index is -0.930. The zero-order valence-corrected chi connectivity index (χ0v) is 12.7. The lowest BCUT2D eigenvalue weighted by Gasteiger charge is -2.18. The van der Waals surface area contributed by atoms with Crippen molar-refractivity contribution in [3.8, 4) is 0 Å². The second kappa shape index (κ2) is 6.09. The van der Waals surface area contributed by atoms with Gasteiger partial charge in [0.15, 0.2) is 0 Å². The molecule has 1 amide bonds. The molecule has 0 saturated heterocycles. The number of primary amides is 1. The molecular weight excluding hydrogens is 316 g/mol. The van der Waals surface area contributed by atoms with E-state index in [0.717, 1.165) is 4.90 Å². The highest BCUT2D eigenvalue weighted by atomic mass is 32.2. The number of hydrogen-bond acceptors (Lipinski definition) is 5. The van der Waals surface area contributed by atoms with Crippen LogP contribution in [-0.4, -0.2) is 15.6 Å². The second-order valence-electron chi connectivity index (χ2n) is 4.71. The number of pyridine rings is 1. The Labute approximate surface area is 134 Å². The van der Waals surface area contributed by atoms with Crippen LogP contribution in [0.2, 0.25) is 0 Å². The van der Waals surface area contributed by atoms with Crippen LogP contribution in [-0.2, 0) is 5.75 Å². The highest BCUT2D eigenvalue weighted by molar-refractivity contribution is 7.98. The van der Waals surface area contributed by atoms with Gasteiger partial charge in [-0.1, -0.05) is 12.1 Å². The SMILES string of the molecule is NC(=O)c1c(CSc2ccncc2)n([O-])c2ccccc2[n+]1=O. The van der Waals surface area contributed by atoms with Crippen molar-refractivity contribution in [1.29, 1.82) is 0 Å². The molecule has 116 valence electrons. The lowest BCUT2D eigenvalue weighted by atomic mass is 10.2. The normalized spacial score (nSPS) is 10.8. The summed E-state index contributed by atoms with van der Waals surface area (Å²) in [4.78, 5) is 28.9. The minimum Gasteiger partial charge on any atom is -0.805 e. The van der Waals surface area contributed by atoms with E-state index >= 15 is 0 Å². The van der Waals surface area contributed by atoms with Crippen LogP contribution >= 0.6 is 11.8 Å². The van der Waals surface area contributed by atoms with Crippen molar-refractivity contribution in [2.24, 2.45) is 5.73 Å². The van der Waals surface area contributed by atoms with Crippen molar-refractivity contribution in [2.45, 2.75) is 10.6 Å². The van der Waals surface area contributed by atoms with Gasteiger partial charge in [-0.25, -0.2) is 0 Å². The van der Waals surface area contributed by atoms with Crippen molar-refractivity contribution in [1.82, 2.24) is 9.71 Å².